The molecule has 0 radical (unpaired) electrons. The SMILES string of the molecule is CCCCCCCCCCCCCCCCCCCCCCC(=O)O[C@H](COC(=O)CCCCCCCCCCCCCCCCCCC(C)C)COP(=O)(O)OC[C@@H](O)COP(=O)(O)OC[C@@H](COC(=O)CCCCCCCCCCC(C)CC)OC(=O)CCCCCCCCCCCCCC(C)C. The quantitative estimate of drug-likeness (QED) is 0.0222. The van der Waals surface area contributed by atoms with Gasteiger partial charge in [-0.2, -0.15) is 0 Å². The van der Waals surface area contributed by atoms with E-state index in [2.05, 4.69) is 48.5 Å². The number of phosphoric acid groups is 2. The van der Waals surface area contributed by atoms with Gasteiger partial charge in [-0.15, -0.1) is 0 Å². The van der Waals surface area contributed by atoms with Crippen LogP contribution in [0, 0.1) is 17.8 Å². The van der Waals surface area contributed by atoms with E-state index in [0.29, 0.717) is 25.7 Å². The Morgan fingerprint density at radius 3 is 0.724 bits per heavy atom. The van der Waals surface area contributed by atoms with E-state index >= 15 is 0 Å². The number of ether oxygens (including phenoxy) is 4. The van der Waals surface area contributed by atoms with Crippen molar-refractivity contribution in [2.45, 2.75) is 471 Å². The van der Waals surface area contributed by atoms with E-state index in [9.17, 15) is 43.2 Å². The summed E-state index contributed by atoms with van der Waals surface area (Å²) in [5, 5.41) is 10.7. The van der Waals surface area contributed by atoms with E-state index in [4.69, 9.17) is 37.0 Å². The van der Waals surface area contributed by atoms with Gasteiger partial charge in [0.25, 0.3) is 0 Å². The van der Waals surface area contributed by atoms with Gasteiger partial charge in [-0.25, -0.2) is 9.13 Å². The highest BCUT2D eigenvalue weighted by molar-refractivity contribution is 7.47. The van der Waals surface area contributed by atoms with Gasteiger partial charge in [0.2, 0.25) is 0 Å². The second-order valence-electron chi connectivity index (χ2n) is 32.1. The summed E-state index contributed by atoms with van der Waals surface area (Å²) < 4.78 is 68.9. The number of carbonyl (C=O) groups is 4. The molecule has 0 aliphatic rings. The first kappa shape index (κ1) is 103. The minimum Gasteiger partial charge on any atom is -0.462 e. The maximum Gasteiger partial charge on any atom is 0.472 e. The van der Waals surface area contributed by atoms with Crippen LogP contribution in [0.1, 0.15) is 453 Å². The first-order valence-electron chi connectivity index (χ1n) is 44.4. The molecule has 0 saturated carbocycles. The van der Waals surface area contributed by atoms with Gasteiger partial charge in [0, 0.05) is 25.7 Å². The van der Waals surface area contributed by atoms with Gasteiger partial charge in [0.05, 0.1) is 26.4 Å². The number of phosphoric ester groups is 2. The van der Waals surface area contributed by atoms with Crippen molar-refractivity contribution < 1.29 is 80.2 Å². The van der Waals surface area contributed by atoms with Crippen LogP contribution in [0.3, 0.4) is 0 Å². The fourth-order valence-corrected chi connectivity index (χ4v) is 14.9. The number of hydrogen-bond donors (Lipinski definition) is 3. The largest absolute Gasteiger partial charge is 0.472 e. The van der Waals surface area contributed by atoms with Crippen LogP contribution in [0.4, 0.5) is 0 Å². The van der Waals surface area contributed by atoms with Crippen LogP contribution >= 0.6 is 15.6 Å². The summed E-state index contributed by atoms with van der Waals surface area (Å²) in [6.45, 7) is 12.0. The average molecular weight is 1540 g/mol. The fourth-order valence-electron chi connectivity index (χ4n) is 13.3. The summed E-state index contributed by atoms with van der Waals surface area (Å²) in [5.41, 5.74) is 0. The molecule has 17 nitrogen and oxygen atoms in total. The van der Waals surface area contributed by atoms with Crippen molar-refractivity contribution in [2.75, 3.05) is 39.6 Å². The molecule has 0 aromatic carbocycles. The molecular weight excluding hydrogens is 1370 g/mol. The molecule has 3 unspecified atom stereocenters. The molecule has 0 aromatic heterocycles. The van der Waals surface area contributed by atoms with Crippen molar-refractivity contribution in [3.8, 4) is 0 Å². The van der Waals surface area contributed by atoms with Crippen LogP contribution in [-0.2, 0) is 65.4 Å². The monoisotopic (exact) mass is 1540 g/mol. The lowest BCUT2D eigenvalue weighted by molar-refractivity contribution is -0.161. The topological polar surface area (TPSA) is 237 Å². The number of aliphatic hydroxyl groups excluding tert-OH is 1. The van der Waals surface area contributed by atoms with Crippen LogP contribution in [0.25, 0.3) is 0 Å². The first-order chi connectivity index (χ1) is 50.8. The third kappa shape index (κ3) is 78.5. The Labute approximate surface area is 645 Å². The smallest absolute Gasteiger partial charge is 0.462 e. The second kappa shape index (κ2) is 76.1. The van der Waals surface area contributed by atoms with E-state index in [1.807, 2.05) is 0 Å². The van der Waals surface area contributed by atoms with Crippen LogP contribution in [-0.4, -0.2) is 96.7 Å². The van der Waals surface area contributed by atoms with Crippen LogP contribution in [0.2, 0.25) is 0 Å². The zero-order chi connectivity index (χ0) is 77.2. The molecule has 0 aliphatic heterocycles. The van der Waals surface area contributed by atoms with E-state index < -0.39 is 97.5 Å². The number of hydrogen-bond acceptors (Lipinski definition) is 15. The second-order valence-corrected chi connectivity index (χ2v) is 35.0. The highest BCUT2D eigenvalue weighted by atomic mass is 31.2. The zero-order valence-electron chi connectivity index (χ0n) is 69.2. The van der Waals surface area contributed by atoms with Crippen molar-refractivity contribution in [1.82, 2.24) is 0 Å². The zero-order valence-corrected chi connectivity index (χ0v) is 71.0. The highest BCUT2D eigenvalue weighted by Gasteiger charge is 2.30. The average Bonchev–Trinajstić information content (AvgIpc) is 0.907. The van der Waals surface area contributed by atoms with Crippen molar-refractivity contribution in [3.63, 3.8) is 0 Å². The molecule has 3 N–H and O–H groups in total. The van der Waals surface area contributed by atoms with Crippen molar-refractivity contribution in [3.05, 3.63) is 0 Å². The normalized spacial score (nSPS) is 14.1. The number of carbonyl (C=O) groups excluding carboxylic acids is 4. The molecule has 0 saturated heterocycles. The lowest BCUT2D eigenvalue weighted by Crippen LogP contribution is -2.30. The molecule has 0 rings (SSSR count). The maximum atomic E-state index is 13.2. The highest BCUT2D eigenvalue weighted by Crippen LogP contribution is 2.45. The summed E-state index contributed by atoms with van der Waals surface area (Å²) in [4.78, 5) is 73.2. The molecule has 105 heavy (non-hydrogen) atoms. The van der Waals surface area contributed by atoms with Gasteiger partial charge in [-0.05, 0) is 43.4 Å². The molecule has 0 bridgehead atoms. The van der Waals surface area contributed by atoms with Crippen LogP contribution in [0.15, 0.2) is 0 Å². The maximum absolute atomic E-state index is 13.2. The van der Waals surface area contributed by atoms with Gasteiger partial charge >= 0.3 is 39.5 Å². The summed E-state index contributed by atoms with van der Waals surface area (Å²) in [6, 6.07) is 0. The summed E-state index contributed by atoms with van der Waals surface area (Å²) >= 11 is 0. The standard InChI is InChI=1S/C86H168O17P2/c1-8-10-11-12-13-14-15-16-17-18-19-20-21-26-29-34-39-48-55-62-69-85(90)102-81(73-96-83(88)67-60-53-46-38-33-28-25-23-22-24-27-31-36-43-50-57-64-77(3)4)75-100-104(92,93)98-71-80(87)72-99-105(94,95)101-76-82(74-97-84(89)68-61-54-47-42-41-45-52-59-66-79(7)9-2)103-86(91)70-63-56-49-40-35-30-32-37-44-51-58-65-78(5)6/h77-82,87H,8-76H2,1-7H3,(H,92,93)(H,94,95)/t79?,80-,81-,82-/m1/s1. The summed E-state index contributed by atoms with van der Waals surface area (Å²) in [7, 11) is -9.93. The van der Waals surface area contributed by atoms with Crippen molar-refractivity contribution in [1.29, 1.82) is 0 Å². The van der Waals surface area contributed by atoms with Crippen molar-refractivity contribution in [2.24, 2.45) is 17.8 Å². The first-order valence-corrected chi connectivity index (χ1v) is 47.4. The fraction of sp³-hybridized carbons (Fsp3) is 0.953. The van der Waals surface area contributed by atoms with E-state index in [0.717, 1.165) is 108 Å². The Balaban J connectivity index is 5.25. The minimum atomic E-state index is -4.97. The summed E-state index contributed by atoms with van der Waals surface area (Å²) in [5.74, 6) is 0.250. The van der Waals surface area contributed by atoms with Crippen LogP contribution < -0.4 is 0 Å². The Morgan fingerprint density at radius 2 is 0.486 bits per heavy atom. The van der Waals surface area contributed by atoms with Crippen LogP contribution in [0.5, 0.6) is 0 Å². The Morgan fingerprint density at radius 1 is 0.276 bits per heavy atom. The predicted molar refractivity (Wildman–Crippen MR) is 432 cm³/mol. The predicted octanol–water partition coefficient (Wildman–Crippen LogP) is 26.1. The third-order valence-corrected chi connectivity index (χ3v) is 22.4. The molecule has 19 heteroatoms. The Bertz CT molecular complexity index is 2030. The number of unbranched alkanes of at least 4 members (excludes halogenated alkanes) is 51. The third-order valence-electron chi connectivity index (χ3n) is 20.5. The molecule has 0 spiro atoms. The molecular formula is C86H168O17P2. The van der Waals surface area contributed by atoms with E-state index in [-0.39, 0.29) is 25.7 Å². The minimum absolute atomic E-state index is 0.106. The molecule has 0 aliphatic carbocycles. The molecule has 6 atom stereocenters. The van der Waals surface area contributed by atoms with Gasteiger partial charge < -0.3 is 33.8 Å². The number of esters is 4. The number of rotatable bonds is 84. The molecule has 0 amide bonds. The van der Waals surface area contributed by atoms with E-state index in [1.54, 1.807) is 0 Å². The van der Waals surface area contributed by atoms with Gasteiger partial charge in [-0.1, -0.05) is 402 Å². The van der Waals surface area contributed by atoms with Crippen molar-refractivity contribution >= 4 is 39.5 Å². The lowest BCUT2D eigenvalue weighted by atomic mass is 9.99. The van der Waals surface area contributed by atoms with Gasteiger partial charge in [0.1, 0.15) is 19.3 Å². The summed E-state index contributed by atoms with van der Waals surface area (Å²) in [6.07, 6.45) is 66.6. The Kier molecular flexibility index (Phi) is 74.7. The number of aliphatic hydroxyl groups is 1. The Hall–Kier alpha value is -1.94. The molecule has 0 fully saturated rings. The lowest BCUT2D eigenvalue weighted by Gasteiger charge is -2.21. The van der Waals surface area contributed by atoms with Gasteiger partial charge in [-0.3, -0.25) is 37.3 Å². The molecule has 0 aromatic rings. The molecule has 0 heterocycles. The van der Waals surface area contributed by atoms with E-state index in [1.165, 1.54) is 263 Å². The molecule has 624 valence electrons. The van der Waals surface area contributed by atoms with Gasteiger partial charge in [0.15, 0.2) is 12.2 Å².